The van der Waals surface area contributed by atoms with E-state index >= 15 is 0 Å². The van der Waals surface area contributed by atoms with Crippen LogP contribution in [0.15, 0.2) is 12.2 Å². The second kappa shape index (κ2) is 10.4. The molecule has 0 radical (unpaired) electrons. The van der Waals surface area contributed by atoms with Crippen LogP contribution < -0.4 is 5.32 Å². The molecule has 0 aromatic rings. The first-order valence-corrected chi connectivity index (χ1v) is 11.2. The van der Waals surface area contributed by atoms with E-state index < -0.39 is 23.4 Å². The number of aliphatic hydroxyl groups is 1. The van der Waals surface area contributed by atoms with Gasteiger partial charge in [0.05, 0.1) is 18.4 Å². The number of rotatable bonds is 9. The molecule has 2 rings (SSSR count). The van der Waals surface area contributed by atoms with E-state index in [1.54, 1.807) is 11.8 Å². The van der Waals surface area contributed by atoms with Gasteiger partial charge in [0, 0.05) is 24.6 Å². The van der Waals surface area contributed by atoms with E-state index in [4.69, 9.17) is 9.84 Å². The van der Waals surface area contributed by atoms with Crippen LogP contribution in [0, 0.1) is 23.7 Å². The third-order valence-corrected chi connectivity index (χ3v) is 5.91. The monoisotopic (exact) mass is 422 g/mol. The van der Waals surface area contributed by atoms with E-state index in [0.29, 0.717) is 6.54 Å². The van der Waals surface area contributed by atoms with E-state index in [1.807, 2.05) is 39.8 Å². The maximum Gasteiger partial charge on any atom is 0.310 e. The third kappa shape index (κ3) is 5.62. The predicted molar refractivity (Wildman–Crippen MR) is 114 cm³/mol. The number of hydrogen-bond donors (Lipinski definition) is 2. The number of aliphatic hydroxyl groups excluding tert-OH is 1. The molecule has 1 aliphatic heterocycles. The Balaban J connectivity index is 2.30. The minimum absolute atomic E-state index is 0.120. The van der Waals surface area contributed by atoms with Gasteiger partial charge in [-0.3, -0.25) is 14.4 Å². The summed E-state index contributed by atoms with van der Waals surface area (Å²) in [5.74, 6) is -2.29. The summed E-state index contributed by atoms with van der Waals surface area (Å²) in [4.78, 5) is 41.0. The molecule has 0 aromatic carbocycles. The van der Waals surface area contributed by atoms with Crippen LogP contribution in [0.4, 0.5) is 0 Å². The Labute approximate surface area is 180 Å². The van der Waals surface area contributed by atoms with Crippen LogP contribution in [-0.2, 0) is 19.1 Å². The number of allylic oxidation sites excluding steroid dienone is 1. The molecule has 1 saturated heterocycles. The molecule has 0 bridgehead atoms. The fourth-order valence-electron chi connectivity index (χ4n) is 4.62. The fourth-order valence-corrected chi connectivity index (χ4v) is 4.62. The highest BCUT2D eigenvalue weighted by molar-refractivity contribution is 5.96. The van der Waals surface area contributed by atoms with Gasteiger partial charge in [-0.05, 0) is 46.5 Å². The number of hydrogen-bond acceptors (Lipinski definition) is 5. The SMILES string of the molecule is CCOC(=O)[C@H]1[C@H]2C(=O)N(CCCCCCO)[C@H](C(=O)NC(C)(C)C)[C@H]2C=C[C@H]1C. The molecule has 0 saturated carbocycles. The molecule has 2 aliphatic rings. The van der Waals surface area contributed by atoms with Crippen molar-refractivity contribution in [2.75, 3.05) is 19.8 Å². The molecular formula is C23H38N2O5. The average Bonchev–Trinajstić information content (AvgIpc) is 2.92. The Hall–Kier alpha value is -1.89. The summed E-state index contributed by atoms with van der Waals surface area (Å²) in [5.41, 5.74) is -0.419. The maximum absolute atomic E-state index is 13.5. The number of unbranched alkanes of at least 4 members (excludes halogenated alkanes) is 3. The van der Waals surface area contributed by atoms with Crippen molar-refractivity contribution in [1.82, 2.24) is 10.2 Å². The first-order valence-electron chi connectivity index (χ1n) is 11.2. The smallest absolute Gasteiger partial charge is 0.310 e. The Morgan fingerprint density at radius 3 is 2.43 bits per heavy atom. The summed E-state index contributed by atoms with van der Waals surface area (Å²) >= 11 is 0. The number of nitrogens with zero attached hydrogens (tertiary/aromatic N) is 1. The summed E-state index contributed by atoms with van der Waals surface area (Å²) in [6, 6.07) is -0.625. The molecule has 5 atom stereocenters. The number of likely N-dealkylation sites (tertiary alicyclic amines) is 1. The maximum atomic E-state index is 13.5. The van der Waals surface area contributed by atoms with Gasteiger partial charge in [0.2, 0.25) is 11.8 Å². The molecule has 2 N–H and O–H groups in total. The Bertz CT molecular complexity index is 654. The van der Waals surface area contributed by atoms with Crippen LogP contribution in [0.1, 0.15) is 60.3 Å². The summed E-state index contributed by atoms with van der Waals surface area (Å²) in [5, 5.41) is 12.0. The highest BCUT2D eigenvalue weighted by atomic mass is 16.5. The number of ether oxygens (including phenoxy) is 1. The Kier molecular flexibility index (Phi) is 8.47. The summed E-state index contributed by atoms with van der Waals surface area (Å²) < 4.78 is 5.28. The molecule has 0 spiro atoms. The summed E-state index contributed by atoms with van der Waals surface area (Å²) in [7, 11) is 0. The van der Waals surface area contributed by atoms with E-state index in [1.165, 1.54) is 0 Å². The number of fused-ring (bicyclic) bond motifs is 1. The Morgan fingerprint density at radius 2 is 1.83 bits per heavy atom. The number of nitrogens with one attached hydrogen (secondary N) is 1. The van der Waals surface area contributed by atoms with Crippen molar-refractivity contribution in [3.8, 4) is 0 Å². The van der Waals surface area contributed by atoms with Gasteiger partial charge < -0.3 is 20.1 Å². The van der Waals surface area contributed by atoms with Gasteiger partial charge in [0.15, 0.2) is 0 Å². The lowest BCUT2D eigenvalue weighted by atomic mass is 9.70. The number of amides is 2. The lowest BCUT2D eigenvalue weighted by Gasteiger charge is -2.33. The van der Waals surface area contributed by atoms with E-state index in [-0.39, 0.29) is 42.8 Å². The highest BCUT2D eigenvalue weighted by Crippen LogP contribution is 2.44. The fraction of sp³-hybridized carbons (Fsp3) is 0.783. The van der Waals surface area contributed by atoms with E-state index in [9.17, 15) is 14.4 Å². The lowest BCUT2D eigenvalue weighted by molar-refractivity contribution is -0.155. The summed E-state index contributed by atoms with van der Waals surface area (Å²) in [6.45, 7) is 10.3. The van der Waals surface area contributed by atoms with Crippen LogP contribution >= 0.6 is 0 Å². The van der Waals surface area contributed by atoms with Crippen molar-refractivity contribution < 1.29 is 24.2 Å². The van der Waals surface area contributed by atoms with Crippen LogP contribution in [0.5, 0.6) is 0 Å². The molecule has 2 amide bonds. The van der Waals surface area contributed by atoms with E-state index in [0.717, 1.165) is 25.7 Å². The molecule has 7 heteroatoms. The van der Waals surface area contributed by atoms with Crippen LogP contribution in [0.2, 0.25) is 0 Å². The zero-order chi connectivity index (χ0) is 22.5. The van der Waals surface area contributed by atoms with Gasteiger partial charge in [-0.25, -0.2) is 0 Å². The Morgan fingerprint density at radius 1 is 1.17 bits per heavy atom. The minimum atomic E-state index is -0.625. The van der Waals surface area contributed by atoms with Crippen LogP contribution in [0.25, 0.3) is 0 Å². The number of carbonyl (C=O) groups excluding carboxylic acids is 3. The van der Waals surface area contributed by atoms with Gasteiger partial charge in [-0.1, -0.05) is 31.9 Å². The molecule has 170 valence electrons. The van der Waals surface area contributed by atoms with E-state index in [2.05, 4.69) is 5.32 Å². The summed E-state index contributed by atoms with van der Waals surface area (Å²) in [6.07, 6.45) is 7.14. The normalized spacial score (nSPS) is 28.4. The molecule has 0 unspecified atom stereocenters. The van der Waals surface area contributed by atoms with Crippen LogP contribution in [-0.4, -0.2) is 59.1 Å². The van der Waals surface area contributed by atoms with Gasteiger partial charge in [0.1, 0.15) is 6.04 Å². The van der Waals surface area contributed by atoms with Crippen LogP contribution in [0.3, 0.4) is 0 Å². The van der Waals surface area contributed by atoms with Crippen molar-refractivity contribution in [3.05, 3.63) is 12.2 Å². The molecule has 0 aromatic heterocycles. The predicted octanol–water partition coefficient (Wildman–Crippen LogP) is 2.28. The highest BCUT2D eigenvalue weighted by Gasteiger charge is 2.57. The van der Waals surface area contributed by atoms with Crippen molar-refractivity contribution in [1.29, 1.82) is 0 Å². The number of carbonyl (C=O) groups is 3. The number of esters is 1. The molecular weight excluding hydrogens is 384 g/mol. The van der Waals surface area contributed by atoms with Crippen molar-refractivity contribution >= 4 is 17.8 Å². The molecule has 30 heavy (non-hydrogen) atoms. The zero-order valence-electron chi connectivity index (χ0n) is 19.0. The van der Waals surface area contributed by atoms with Crippen molar-refractivity contribution in [3.63, 3.8) is 0 Å². The zero-order valence-corrected chi connectivity index (χ0v) is 19.0. The quantitative estimate of drug-likeness (QED) is 0.338. The molecule has 1 aliphatic carbocycles. The lowest BCUT2D eigenvalue weighted by Crippen LogP contribution is -2.52. The van der Waals surface area contributed by atoms with Gasteiger partial charge >= 0.3 is 5.97 Å². The first kappa shape index (κ1) is 24.4. The van der Waals surface area contributed by atoms with Gasteiger partial charge in [-0.2, -0.15) is 0 Å². The molecule has 7 nitrogen and oxygen atoms in total. The largest absolute Gasteiger partial charge is 0.466 e. The molecule has 1 heterocycles. The topological polar surface area (TPSA) is 95.9 Å². The minimum Gasteiger partial charge on any atom is -0.466 e. The van der Waals surface area contributed by atoms with Gasteiger partial charge in [-0.15, -0.1) is 0 Å². The van der Waals surface area contributed by atoms with Gasteiger partial charge in [0.25, 0.3) is 0 Å². The first-order chi connectivity index (χ1) is 14.1. The second-order valence-electron chi connectivity index (χ2n) is 9.48. The van der Waals surface area contributed by atoms with Crippen molar-refractivity contribution in [2.45, 2.75) is 71.9 Å². The third-order valence-electron chi connectivity index (χ3n) is 5.91. The molecule has 1 fully saturated rings. The second-order valence-corrected chi connectivity index (χ2v) is 9.48. The average molecular weight is 423 g/mol. The van der Waals surface area contributed by atoms with Crippen molar-refractivity contribution in [2.24, 2.45) is 23.7 Å². The standard InChI is InChI=1S/C23H38N2O5/c1-6-30-22(29)17-15(2)11-12-16-18(17)21(28)25(13-9-7-8-10-14-26)19(16)20(27)24-23(3,4)5/h11-12,15-19,26H,6-10,13-14H2,1-5H3,(H,24,27)/t15-,16+,17-,18+,19+/m1/s1.